The van der Waals surface area contributed by atoms with Crippen molar-refractivity contribution in [2.75, 3.05) is 6.61 Å². The predicted molar refractivity (Wildman–Crippen MR) is 100 cm³/mol. The Labute approximate surface area is 154 Å². The maximum Gasteiger partial charge on any atom is 0.341 e. The molecule has 2 aromatic carbocycles. The summed E-state index contributed by atoms with van der Waals surface area (Å²) in [6.45, 7) is 1.64. The second-order valence-corrected chi connectivity index (χ2v) is 5.91. The number of H-pyrrole nitrogens is 1. The van der Waals surface area contributed by atoms with E-state index in [-0.39, 0.29) is 6.61 Å². The second kappa shape index (κ2) is 7.75. The van der Waals surface area contributed by atoms with Gasteiger partial charge in [-0.1, -0.05) is 29.8 Å². The van der Waals surface area contributed by atoms with Crippen LogP contribution in [0, 0.1) is 11.7 Å². The zero-order valence-corrected chi connectivity index (χ0v) is 14.7. The Kier molecular flexibility index (Phi) is 5.23. The van der Waals surface area contributed by atoms with Crippen LogP contribution >= 0.6 is 12.2 Å². The molecule has 0 aliphatic carbocycles. The van der Waals surface area contributed by atoms with Crippen LogP contribution in [-0.2, 0) is 4.79 Å². The molecule has 0 amide bonds. The second-order valence-electron chi connectivity index (χ2n) is 5.53. The first kappa shape index (κ1) is 17.6. The van der Waals surface area contributed by atoms with Crippen LogP contribution < -0.4 is 4.74 Å². The van der Waals surface area contributed by atoms with Crippen molar-refractivity contribution in [3.05, 3.63) is 64.4 Å². The largest absolute Gasteiger partial charge is 0.482 e. The highest BCUT2D eigenvalue weighted by Gasteiger charge is 2.07. The predicted octanol–water partition coefficient (Wildman–Crippen LogP) is 3.26. The third-order valence-electron chi connectivity index (χ3n) is 3.52. The summed E-state index contributed by atoms with van der Waals surface area (Å²) in [6, 6.07) is 14.8. The highest BCUT2D eigenvalue weighted by atomic mass is 32.1. The molecule has 2 N–H and O–H groups in total. The van der Waals surface area contributed by atoms with E-state index >= 15 is 0 Å². The lowest BCUT2D eigenvalue weighted by atomic mass is 10.1. The van der Waals surface area contributed by atoms with Crippen LogP contribution in [0.4, 0.5) is 0 Å². The van der Waals surface area contributed by atoms with Gasteiger partial charge in [-0.15, -0.1) is 0 Å². The number of carboxylic acid groups (broad SMARTS) is 1. The number of rotatable bonds is 6. The van der Waals surface area contributed by atoms with Crippen molar-refractivity contribution >= 4 is 24.4 Å². The molecule has 3 rings (SSSR count). The van der Waals surface area contributed by atoms with Crippen molar-refractivity contribution in [2.24, 2.45) is 5.10 Å². The molecule has 0 saturated heterocycles. The molecule has 3 aromatic rings. The summed E-state index contributed by atoms with van der Waals surface area (Å²) in [4.78, 5) is 10.5. The summed E-state index contributed by atoms with van der Waals surface area (Å²) in [5.41, 5.74) is 2.87. The van der Waals surface area contributed by atoms with E-state index in [1.165, 1.54) is 0 Å². The highest BCUT2D eigenvalue weighted by Crippen LogP contribution is 2.18. The van der Waals surface area contributed by atoms with Crippen LogP contribution in [0.1, 0.15) is 11.1 Å². The lowest BCUT2D eigenvalue weighted by Gasteiger charge is -2.03. The Morgan fingerprint density at radius 2 is 1.96 bits per heavy atom. The molecule has 8 heteroatoms. The summed E-state index contributed by atoms with van der Waals surface area (Å²) >= 11 is 5.25. The van der Waals surface area contributed by atoms with Gasteiger partial charge < -0.3 is 9.84 Å². The minimum absolute atomic E-state index is 0.377. The van der Waals surface area contributed by atoms with Gasteiger partial charge in [0.1, 0.15) is 5.75 Å². The van der Waals surface area contributed by atoms with Gasteiger partial charge in [-0.3, -0.25) is 0 Å². The van der Waals surface area contributed by atoms with E-state index in [1.807, 2.05) is 31.2 Å². The Morgan fingerprint density at radius 1 is 1.27 bits per heavy atom. The summed E-state index contributed by atoms with van der Waals surface area (Å²) in [7, 11) is 0. The Balaban J connectivity index is 1.80. The number of aromatic nitrogens is 3. The molecular formula is C18H16N4O3S. The summed E-state index contributed by atoms with van der Waals surface area (Å²) < 4.78 is 7.04. The Bertz CT molecular complexity index is 989. The molecule has 1 aromatic heterocycles. The van der Waals surface area contributed by atoms with E-state index < -0.39 is 5.97 Å². The minimum Gasteiger partial charge on any atom is -0.482 e. The fraction of sp³-hybridized carbons (Fsp3) is 0.111. The van der Waals surface area contributed by atoms with Gasteiger partial charge in [0.25, 0.3) is 0 Å². The first-order valence-electron chi connectivity index (χ1n) is 7.76. The molecule has 26 heavy (non-hydrogen) atoms. The lowest BCUT2D eigenvalue weighted by molar-refractivity contribution is -0.139. The number of hydrogen-bond acceptors (Lipinski definition) is 5. The smallest absolute Gasteiger partial charge is 0.341 e. The van der Waals surface area contributed by atoms with Crippen LogP contribution in [-0.4, -0.2) is 38.8 Å². The zero-order valence-electron chi connectivity index (χ0n) is 13.9. The number of carboxylic acids is 1. The number of nitrogens with zero attached hydrogens (tertiary/aromatic N) is 3. The number of hydrogen-bond donors (Lipinski definition) is 2. The molecule has 0 spiro atoms. The van der Waals surface area contributed by atoms with Gasteiger partial charge in [0, 0.05) is 5.56 Å². The van der Waals surface area contributed by atoms with Gasteiger partial charge in [0.2, 0.25) is 4.77 Å². The summed E-state index contributed by atoms with van der Waals surface area (Å²) in [5, 5.41) is 20.0. The van der Waals surface area contributed by atoms with E-state index in [4.69, 9.17) is 22.1 Å². The molecule has 0 aliphatic rings. The molecule has 0 fully saturated rings. The van der Waals surface area contributed by atoms with E-state index in [1.54, 1.807) is 35.2 Å². The number of benzene rings is 2. The number of aryl methyl sites for hydroxylation is 1. The summed E-state index contributed by atoms with van der Waals surface area (Å²) in [6.07, 6.45) is 1.64. The first-order valence-corrected chi connectivity index (χ1v) is 8.17. The van der Waals surface area contributed by atoms with Crippen LogP contribution in [0.2, 0.25) is 0 Å². The van der Waals surface area contributed by atoms with E-state index in [0.29, 0.717) is 16.3 Å². The molecule has 0 aliphatic heterocycles. The minimum atomic E-state index is -1.02. The monoisotopic (exact) mass is 368 g/mol. The molecule has 0 saturated carbocycles. The van der Waals surface area contributed by atoms with Gasteiger partial charge in [-0.05, 0) is 49.0 Å². The molecule has 0 radical (unpaired) electrons. The van der Waals surface area contributed by atoms with Crippen LogP contribution in [0.3, 0.4) is 0 Å². The van der Waals surface area contributed by atoms with Gasteiger partial charge in [-0.25, -0.2) is 9.89 Å². The SMILES string of the molecule is Cc1ccc(-c2n[nH]c(=S)n2/N=C\c2ccc(OCC(=O)O)cc2)cc1. The standard InChI is InChI=1S/C18H16N4O3S/c1-12-2-6-14(7-3-12)17-20-21-18(26)22(17)19-10-13-4-8-15(9-5-13)25-11-16(23)24/h2-10H,11H2,1H3,(H,21,26)(H,23,24)/b19-10-. The Hall–Kier alpha value is -3.26. The van der Waals surface area contributed by atoms with Crippen LogP contribution in [0.5, 0.6) is 5.75 Å². The van der Waals surface area contributed by atoms with E-state index in [0.717, 1.165) is 16.7 Å². The van der Waals surface area contributed by atoms with E-state index in [9.17, 15) is 4.79 Å². The van der Waals surface area contributed by atoms with Crippen molar-refractivity contribution in [3.8, 4) is 17.1 Å². The number of carbonyl (C=O) groups is 1. The number of aliphatic carboxylic acids is 1. The quantitative estimate of drug-likeness (QED) is 0.515. The third-order valence-corrected chi connectivity index (χ3v) is 3.79. The number of ether oxygens (including phenoxy) is 1. The van der Waals surface area contributed by atoms with Gasteiger partial charge in [0.05, 0.1) is 6.21 Å². The molecule has 7 nitrogen and oxygen atoms in total. The third kappa shape index (κ3) is 4.22. The topological polar surface area (TPSA) is 92.5 Å². The van der Waals surface area contributed by atoms with Gasteiger partial charge in [-0.2, -0.15) is 14.9 Å². The average Bonchev–Trinajstić information content (AvgIpc) is 3.00. The normalized spacial score (nSPS) is 11.0. The van der Waals surface area contributed by atoms with Gasteiger partial charge >= 0.3 is 5.97 Å². The van der Waals surface area contributed by atoms with Gasteiger partial charge in [0.15, 0.2) is 12.4 Å². The maximum atomic E-state index is 10.5. The molecular weight excluding hydrogens is 352 g/mol. The maximum absolute atomic E-state index is 10.5. The summed E-state index contributed by atoms with van der Waals surface area (Å²) in [5.74, 6) is 0.0751. The zero-order chi connectivity index (χ0) is 18.5. The molecule has 132 valence electrons. The fourth-order valence-corrected chi connectivity index (χ4v) is 2.39. The number of nitrogens with one attached hydrogen (secondary N) is 1. The van der Waals surface area contributed by atoms with Crippen molar-refractivity contribution < 1.29 is 14.6 Å². The molecule has 0 unspecified atom stereocenters. The number of aromatic amines is 1. The van der Waals surface area contributed by atoms with Crippen molar-refractivity contribution in [1.82, 2.24) is 14.9 Å². The van der Waals surface area contributed by atoms with E-state index in [2.05, 4.69) is 15.3 Å². The first-order chi connectivity index (χ1) is 12.5. The van der Waals surface area contributed by atoms with Crippen molar-refractivity contribution in [3.63, 3.8) is 0 Å². The lowest BCUT2D eigenvalue weighted by Crippen LogP contribution is -2.09. The Morgan fingerprint density at radius 3 is 2.62 bits per heavy atom. The average molecular weight is 368 g/mol. The van der Waals surface area contributed by atoms with Crippen LogP contribution in [0.15, 0.2) is 53.6 Å². The fourth-order valence-electron chi connectivity index (χ4n) is 2.21. The molecule has 1 heterocycles. The molecule has 0 atom stereocenters. The van der Waals surface area contributed by atoms with Crippen molar-refractivity contribution in [1.29, 1.82) is 0 Å². The van der Waals surface area contributed by atoms with Crippen molar-refractivity contribution in [2.45, 2.75) is 6.92 Å². The molecule has 0 bridgehead atoms. The van der Waals surface area contributed by atoms with Crippen LogP contribution in [0.25, 0.3) is 11.4 Å². The highest BCUT2D eigenvalue weighted by molar-refractivity contribution is 7.71.